The van der Waals surface area contributed by atoms with Gasteiger partial charge in [0.25, 0.3) is 0 Å². The monoisotopic (exact) mass is 345 g/mol. The Hall–Kier alpha value is -2.22. The summed E-state index contributed by atoms with van der Waals surface area (Å²) in [4.78, 5) is 18.0. The van der Waals surface area contributed by atoms with Gasteiger partial charge < -0.3 is 14.5 Å². The first-order valence-electron chi connectivity index (χ1n) is 8.60. The molecule has 136 valence electrons. The Morgan fingerprint density at radius 3 is 2.60 bits per heavy atom. The molecule has 0 aromatic carbocycles. The molecule has 0 spiro atoms. The van der Waals surface area contributed by atoms with E-state index in [0.29, 0.717) is 25.0 Å². The van der Waals surface area contributed by atoms with Crippen LogP contribution in [0.2, 0.25) is 0 Å². The van der Waals surface area contributed by atoms with Gasteiger partial charge in [0.05, 0.1) is 19.3 Å². The predicted molar refractivity (Wildman–Crippen MR) is 97.0 cm³/mol. The summed E-state index contributed by atoms with van der Waals surface area (Å²) in [6.07, 6.45) is 3.86. The Morgan fingerprint density at radius 2 is 2.00 bits per heavy atom. The maximum atomic E-state index is 6.10. The van der Waals surface area contributed by atoms with Crippen molar-refractivity contribution >= 4 is 11.9 Å². The van der Waals surface area contributed by atoms with E-state index in [0.717, 1.165) is 17.9 Å². The minimum atomic E-state index is -0.435. The SMILES string of the molecule is CC(C)c1nc(N(C)C)nc(N2CCOC(C)(c3cnn(C)c3)C2)n1. The lowest BCUT2D eigenvalue weighted by molar-refractivity contribution is -0.0470. The van der Waals surface area contributed by atoms with Crippen LogP contribution >= 0.6 is 0 Å². The highest BCUT2D eigenvalue weighted by atomic mass is 16.5. The molecule has 3 heterocycles. The van der Waals surface area contributed by atoms with Crippen LogP contribution in [0.1, 0.15) is 38.1 Å². The molecule has 0 saturated carbocycles. The van der Waals surface area contributed by atoms with Gasteiger partial charge >= 0.3 is 0 Å². The van der Waals surface area contributed by atoms with Crippen LogP contribution in [0.4, 0.5) is 11.9 Å². The highest BCUT2D eigenvalue weighted by Gasteiger charge is 2.36. The molecule has 1 aliphatic heterocycles. The van der Waals surface area contributed by atoms with Gasteiger partial charge in [-0.2, -0.15) is 20.1 Å². The van der Waals surface area contributed by atoms with Crippen molar-refractivity contribution < 1.29 is 4.74 Å². The van der Waals surface area contributed by atoms with Crippen LogP contribution in [-0.4, -0.2) is 58.5 Å². The fraction of sp³-hybridized carbons (Fsp3) is 0.647. The molecule has 1 unspecified atom stereocenters. The molecule has 1 atom stereocenters. The number of nitrogens with zero attached hydrogens (tertiary/aromatic N) is 7. The van der Waals surface area contributed by atoms with E-state index in [2.05, 4.69) is 40.7 Å². The average Bonchev–Trinajstić information content (AvgIpc) is 3.02. The van der Waals surface area contributed by atoms with Crippen LogP contribution in [0.3, 0.4) is 0 Å². The Morgan fingerprint density at radius 1 is 1.24 bits per heavy atom. The van der Waals surface area contributed by atoms with E-state index >= 15 is 0 Å². The molecule has 0 N–H and O–H groups in total. The number of aromatic nitrogens is 5. The predicted octanol–water partition coefficient (Wildman–Crippen LogP) is 1.55. The third-order valence-corrected chi connectivity index (χ3v) is 4.42. The van der Waals surface area contributed by atoms with Gasteiger partial charge in [0.2, 0.25) is 11.9 Å². The molecule has 2 aromatic rings. The topological polar surface area (TPSA) is 72.2 Å². The van der Waals surface area contributed by atoms with Crippen LogP contribution in [-0.2, 0) is 17.4 Å². The third kappa shape index (κ3) is 3.58. The van der Waals surface area contributed by atoms with Crippen molar-refractivity contribution in [2.75, 3.05) is 43.6 Å². The van der Waals surface area contributed by atoms with Crippen LogP contribution in [0, 0.1) is 0 Å². The van der Waals surface area contributed by atoms with Crippen LogP contribution in [0.5, 0.6) is 0 Å². The van der Waals surface area contributed by atoms with E-state index in [1.165, 1.54) is 0 Å². The smallest absolute Gasteiger partial charge is 0.230 e. The van der Waals surface area contributed by atoms with Gasteiger partial charge in [-0.1, -0.05) is 13.8 Å². The Kier molecular flexibility index (Phi) is 4.64. The summed E-state index contributed by atoms with van der Waals surface area (Å²) in [7, 11) is 5.81. The molecule has 3 rings (SSSR count). The summed E-state index contributed by atoms with van der Waals surface area (Å²) in [6.45, 7) is 8.32. The quantitative estimate of drug-likeness (QED) is 0.832. The largest absolute Gasteiger partial charge is 0.367 e. The number of anilines is 2. The van der Waals surface area contributed by atoms with Crippen LogP contribution in [0.15, 0.2) is 12.4 Å². The minimum absolute atomic E-state index is 0.242. The van der Waals surface area contributed by atoms with E-state index in [-0.39, 0.29) is 5.92 Å². The van der Waals surface area contributed by atoms with Crippen molar-refractivity contribution in [1.82, 2.24) is 24.7 Å². The van der Waals surface area contributed by atoms with E-state index in [4.69, 9.17) is 9.72 Å². The summed E-state index contributed by atoms with van der Waals surface area (Å²) in [5.41, 5.74) is 0.626. The fourth-order valence-electron chi connectivity index (χ4n) is 2.88. The number of hydrogen-bond donors (Lipinski definition) is 0. The number of ether oxygens (including phenoxy) is 1. The van der Waals surface area contributed by atoms with E-state index < -0.39 is 5.60 Å². The standard InChI is InChI=1S/C17H27N7O/c1-12(2)14-19-15(22(4)5)21-16(20-14)24-7-8-25-17(3,11-24)13-9-18-23(6)10-13/h9-10,12H,7-8,11H2,1-6H3. The molecule has 0 aliphatic carbocycles. The van der Waals surface area contributed by atoms with Gasteiger partial charge in [-0.3, -0.25) is 4.68 Å². The zero-order valence-corrected chi connectivity index (χ0v) is 15.9. The van der Waals surface area contributed by atoms with Gasteiger partial charge in [-0.05, 0) is 6.92 Å². The number of rotatable bonds is 4. The van der Waals surface area contributed by atoms with Crippen molar-refractivity contribution in [1.29, 1.82) is 0 Å². The molecule has 1 saturated heterocycles. The third-order valence-electron chi connectivity index (χ3n) is 4.42. The maximum Gasteiger partial charge on any atom is 0.230 e. The zero-order chi connectivity index (χ0) is 18.2. The maximum absolute atomic E-state index is 6.10. The molecule has 1 aliphatic rings. The van der Waals surface area contributed by atoms with Crippen molar-refractivity contribution in [2.24, 2.45) is 7.05 Å². The van der Waals surface area contributed by atoms with E-state index in [1.807, 2.05) is 38.4 Å². The second-order valence-corrected chi connectivity index (χ2v) is 7.25. The Bertz CT molecular complexity index is 716. The molecule has 0 radical (unpaired) electrons. The first-order chi connectivity index (χ1) is 11.8. The number of aryl methyl sites for hydroxylation is 1. The number of hydrogen-bond acceptors (Lipinski definition) is 7. The van der Waals surface area contributed by atoms with Crippen molar-refractivity contribution in [3.05, 3.63) is 23.8 Å². The van der Waals surface area contributed by atoms with Crippen LogP contribution < -0.4 is 9.80 Å². The molecule has 1 fully saturated rings. The van der Waals surface area contributed by atoms with Crippen molar-refractivity contribution in [3.8, 4) is 0 Å². The van der Waals surface area contributed by atoms with Crippen molar-refractivity contribution in [3.63, 3.8) is 0 Å². The summed E-state index contributed by atoms with van der Waals surface area (Å²) in [5.74, 6) is 2.44. The first-order valence-corrected chi connectivity index (χ1v) is 8.60. The normalized spacial score (nSPS) is 21.0. The van der Waals surface area contributed by atoms with Gasteiger partial charge in [0, 0.05) is 45.4 Å². The van der Waals surface area contributed by atoms with E-state index in [1.54, 1.807) is 4.68 Å². The van der Waals surface area contributed by atoms with Gasteiger partial charge in [-0.15, -0.1) is 0 Å². The summed E-state index contributed by atoms with van der Waals surface area (Å²) >= 11 is 0. The molecule has 25 heavy (non-hydrogen) atoms. The lowest BCUT2D eigenvalue weighted by Gasteiger charge is -2.40. The Balaban J connectivity index is 1.93. The first kappa shape index (κ1) is 17.6. The molecule has 0 amide bonds. The number of morpholine rings is 1. The molecular weight excluding hydrogens is 318 g/mol. The van der Waals surface area contributed by atoms with Gasteiger partial charge in [-0.25, -0.2) is 0 Å². The average molecular weight is 345 g/mol. The molecule has 2 aromatic heterocycles. The van der Waals surface area contributed by atoms with E-state index in [9.17, 15) is 0 Å². The lowest BCUT2D eigenvalue weighted by atomic mass is 9.97. The molecular formula is C17H27N7O. The van der Waals surface area contributed by atoms with Gasteiger partial charge in [0.15, 0.2) is 0 Å². The van der Waals surface area contributed by atoms with Crippen molar-refractivity contribution in [2.45, 2.75) is 32.3 Å². The zero-order valence-electron chi connectivity index (χ0n) is 15.9. The summed E-state index contributed by atoms with van der Waals surface area (Å²) in [5, 5.41) is 4.28. The highest BCUT2D eigenvalue weighted by Crippen LogP contribution is 2.31. The fourth-order valence-corrected chi connectivity index (χ4v) is 2.88. The minimum Gasteiger partial charge on any atom is -0.367 e. The second kappa shape index (κ2) is 6.59. The second-order valence-electron chi connectivity index (χ2n) is 7.25. The molecule has 0 bridgehead atoms. The lowest BCUT2D eigenvalue weighted by Crippen LogP contribution is -2.49. The molecule has 8 heteroatoms. The van der Waals surface area contributed by atoms with Gasteiger partial charge in [0.1, 0.15) is 11.4 Å². The summed E-state index contributed by atoms with van der Waals surface area (Å²) < 4.78 is 7.89. The summed E-state index contributed by atoms with van der Waals surface area (Å²) in [6, 6.07) is 0. The molecule has 8 nitrogen and oxygen atoms in total. The van der Waals surface area contributed by atoms with Crippen LogP contribution in [0.25, 0.3) is 0 Å². The Labute approximate surface area is 148 Å². The highest BCUT2D eigenvalue weighted by molar-refractivity contribution is 5.40.